The predicted octanol–water partition coefficient (Wildman–Crippen LogP) is 4.52. The number of para-hydroxylation sites is 1. The molecule has 3 aromatic rings. The molecule has 1 fully saturated rings. The molecule has 6 heteroatoms. The zero-order valence-electron chi connectivity index (χ0n) is 18.7. The van der Waals surface area contributed by atoms with Crippen LogP contribution in [-0.2, 0) is 16.0 Å². The smallest absolute Gasteiger partial charge is 0.233 e. The summed E-state index contributed by atoms with van der Waals surface area (Å²) in [5.41, 5.74) is 5.63. The fraction of sp³-hybridized carbons (Fsp3) is 0.440. The minimum atomic E-state index is 0.116. The number of carbonyl (C=O) groups excluding carboxylic acids is 1. The first kappa shape index (κ1) is 21.9. The summed E-state index contributed by atoms with van der Waals surface area (Å²) in [6, 6.07) is 12.5. The molecule has 1 saturated heterocycles. The van der Waals surface area contributed by atoms with Crippen LogP contribution >= 0.6 is 11.3 Å². The van der Waals surface area contributed by atoms with Crippen LogP contribution < -0.4 is 4.90 Å². The van der Waals surface area contributed by atoms with Crippen molar-refractivity contribution >= 4 is 32.6 Å². The SMILES string of the molecule is Cc1ccc(CC(=O)N(CCCN2CCOCC2)c2nc3c(C)cccc3s2)c(C)c1. The van der Waals surface area contributed by atoms with Crippen LogP contribution in [0.3, 0.4) is 0 Å². The number of carbonyl (C=O) groups is 1. The number of fused-ring (bicyclic) bond motifs is 1. The molecule has 31 heavy (non-hydrogen) atoms. The second kappa shape index (κ2) is 9.90. The molecule has 1 aliphatic rings. The number of hydrogen-bond donors (Lipinski definition) is 0. The highest BCUT2D eigenvalue weighted by molar-refractivity contribution is 7.22. The highest BCUT2D eigenvalue weighted by atomic mass is 32.1. The number of anilines is 1. The number of aromatic nitrogens is 1. The van der Waals surface area contributed by atoms with Crippen molar-refractivity contribution in [3.8, 4) is 0 Å². The number of rotatable bonds is 7. The van der Waals surface area contributed by atoms with Gasteiger partial charge in [-0.05, 0) is 49.9 Å². The van der Waals surface area contributed by atoms with Gasteiger partial charge in [0.2, 0.25) is 5.91 Å². The standard InChI is InChI=1S/C25H31N3O2S/c1-18-8-9-21(20(3)16-18)17-23(29)28(11-5-10-27-12-14-30-15-13-27)25-26-24-19(2)6-4-7-22(24)31-25/h4,6-9,16H,5,10-15,17H2,1-3H3. The third-order valence-electron chi connectivity index (χ3n) is 5.94. The molecular weight excluding hydrogens is 406 g/mol. The maximum Gasteiger partial charge on any atom is 0.233 e. The Labute approximate surface area is 188 Å². The lowest BCUT2D eigenvalue weighted by Gasteiger charge is -2.27. The van der Waals surface area contributed by atoms with Crippen LogP contribution in [0.25, 0.3) is 10.2 Å². The predicted molar refractivity (Wildman–Crippen MR) is 128 cm³/mol. The van der Waals surface area contributed by atoms with Crippen LogP contribution in [0.1, 0.15) is 28.7 Å². The van der Waals surface area contributed by atoms with Gasteiger partial charge in [0.15, 0.2) is 5.13 Å². The summed E-state index contributed by atoms with van der Waals surface area (Å²) in [5, 5.41) is 0.807. The van der Waals surface area contributed by atoms with Crippen LogP contribution in [-0.4, -0.2) is 55.2 Å². The summed E-state index contributed by atoms with van der Waals surface area (Å²) in [7, 11) is 0. The Morgan fingerprint density at radius 2 is 1.94 bits per heavy atom. The van der Waals surface area contributed by atoms with Gasteiger partial charge in [-0.25, -0.2) is 4.98 Å². The number of benzene rings is 2. The third-order valence-corrected chi connectivity index (χ3v) is 6.98. The molecule has 0 aliphatic carbocycles. The lowest BCUT2D eigenvalue weighted by atomic mass is 10.0. The zero-order chi connectivity index (χ0) is 21.8. The number of hydrogen-bond acceptors (Lipinski definition) is 5. The maximum atomic E-state index is 13.5. The normalized spacial score (nSPS) is 14.8. The second-order valence-electron chi connectivity index (χ2n) is 8.38. The first-order valence-corrected chi connectivity index (χ1v) is 11.9. The number of ether oxygens (including phenoxy) is 1. The topological polar surface area (TPSA) is 45.7 Å². The molecule has 1 aliphatic heterocycles. The quantitative estimate of drug-likeness (QED) is 0.545. The molecule has 0 radical (unpaired) electrons. The molecule has 4 rings (SSSR count). The summed E-state index contributed by atoms with van der Waals surface area (Å²) >= 11 is 1.61. The Morgan fingerprint density at radius 3 is 2.68 bits per heavy atom. The summed E-state index contributed by atoms with van der Waals surface area (Å²) in [4.78, 5) is 22.6. The van der Waals surface area contributed by atoms with E-state index in [0.717, 1.165) is 65.7 Å². The van der Waals surface area contributed by atoms with Gasteiger partial charge < -0.3 is 4.74 Å². The molecule has 1 amide bonds. The van der Waals surface area contributed by atoms with Crippen molar-refractivity contribution in [1.29, 1.82) is 0 Å². The summed E-state index contributed by atoms with van der Waals surface area (Å²) in [5.74, 6) is 0.116. The molecule has 2 heterocycles. The van der Waals surface area contributed by atoms with Crippen molar-refractivity contribution in [3.63, 3.8) is 0 Å². The number of thiazole rings is 1. The van der Waals surface area contributed by atoms with E-state index in [1.54, 1.807) is 11.3 Å². The molecule has 0 spiro atoms. The zero-order valence-corrected chi connectivity index (χ0v) is 19.5. The molecule has 0 N–H and O–H groups in total. The van der Waals surface area contributed by atoms with Crippen molar-refractivity contribution in [3.05, 3.63) is 58.7 Å². The fourth-order valence-corrected chi connectivity index (χ4v) is 5.18. The van der Waals surface area contributed by atoms with E-state index in [1.807, 2.05) is 4.90 Å². The van der Waals surface area contributed by atoms with E-state index in [0.29, 0.717) is 13.0 Å². The fourth-order valence-electron chi connectivity index (χ4n) is 4.10. The Kier molecular flexibility index (Phi) is 7.00. The van der Waals surface area contributed by atoms with E-state index in [-0.39, 0.29) is 5.91 Å². The van der Waals surface area contributed by atoms with Crippen LogP contribution in [0.15, 0.2) is 36.4 Å². The van der Waals surface area contributed by atoms with E-state index in [4.69, 9.17) is 9.72 Å². The monoisotopic (exact) mass is 437 g/mol. The van der Waals surface area contributed by atoms with Gasteiger partial charge in [0, 0.05) is 26.2 Å². The van der Waals surface area contributed by atoms with Gasteiger partial charge in [-0.15, -0.1) is 0 Å². The van der Waals surface area contributed by atoms with Crippen molar-refractivity contribution in [2.45, 2.75) is 33.6 Å². The Balaban J connectivity index is 1.54. The minimum absolute atomic E-state index is 0.116. The van der Waals surface area contributed by atoms with E-state index >= 15 is 0 Å². The Bertz CT molecular complexity index is 1060. The Hall–Kier alpha value is -2.28. The average molecular weight is 438 g/mol. The van der Waals surface area contributed by atoms with Crippen molar-refractivity contribution < 1.29 is 9.53 Å². The van der Waals surface area contributed by atoms with E-state index in [2.05, 4.69) is 62.1 Å². The van der Waals surface area contributed by atoms with Crippen LogP contribution in [0.5, 0.6) is 0 Å². The van der Waals surface area contributed by atoms with Crippen molar-refractivity contribution in [2.24, 2.45) is 0 Å². The van der Waals surface area contributed by atoms with Gasteiger partial charge >= 0.3 is 0 Å². The van der Waals surface area contributed by atoms with Gasteiger partial charge in [0.05, 0.1) is 29.9 Å². The number of morpholine rings is 1. The molecule has 5 nitrogen and oxygen atoms in total. The van der Waals surface area contributed by atoms with Gasteiger partial charge in [-0.2, -0.15) is 0 Å². The highest BCUT2D eigenvalue weighted by Crippen LogP contribution is 2.31. The third kappa shape index (κ3) is 5.32. The van der Waals surface area contributed by atoms with Crippen LogP contribution in [0, 0.1) is 20.8 Å². The molecule has 164 valence electrons. The summed E-state index contributed by atoms with van der Waals surface area (Å²) in [6.45, 7) is 11.4. The van der Waals surface area contributed by atoms with Crippen molar-refractivity contribution in [2.75, 3.05) is 44.3 Å². The first-order valence-electron chi connectivity index (χ1n) is 11.0. The molecule has 0 bridgehead atoms. The number of amides is 1. The lowest BCUT2D eigenvalue weighted by Crippen LogP contribution is -2.39. The van der Waals surface area contributed by atoms with E-state index in [9.17, 15) is 4.79 Å². The summed E-state index contributed by atoms with van der Waals surface area (Å²) < 4.78 is 6.58. The lowest BCUT2D eigenvalue weighted by molar-refractivity contribution is -0.118. The van der Waals surface area contributed by atoms with Gasteiger partial charge in [0.1, 0.15) is 0 Å². The average Bonchev–Trinajstić information content (AvgIpc) is 3.19. The second-order valence-corrected chi connectivity index (χ2v) is 9.39. The minimum Gasteiger partial charge on any atom is -0.379 e. The maximum absolute atomic E-state index is 13.5. The van der Waals surface area contributed by atoms with E-state index < -0.39 is 0 Å². The first-order chi connectivity index (χ1) is 15.0. The molecule has 1 aromatic heterocycles. The summed E-state index contributed by atoms with van der Waals surface area (Å²) in [6.07, 6.45) is 1.33. The molecule has 0 atom stereocenters. The van der Waals surface area contributed by atoms with E-state index in [1.165, 1.54) is 11.1 Å². The molecule has 0 saturated carbocycles. The molecule has 2 aromatic carbocycles. The Morgan fingerprint density at radius 1 is 1.13 bits per heavy atom. The van der Waals surface area contributed by atoms with Crippen LogP contribution in [0.4, 0.5) is 5.13 Å². The molecular formula is C25H31N3O2S. The van der Waals surface area contributed by atoms with Gasteiger partial charge in [-0.3, -0.25) is 14.6 Å². The molecule has 0 unspecified atom stereocenters. The van der Waals surface area contributed by atoms with Crippen LogP contribution in [0.2, 0.25) is 0 Å². The largest absolute Gasteiger partial charge is 0.379 e. The number of aryl methyl sites for hydroxylation is 3. The highest BCUT2D eigenvalue weighted by Gasteiger charge is 2.21. The van der Waals surface area contributed by atoms with Gasteiger partial charge in [-0.1, -0.05) is 47.2 Å². The van der Waals surface area contributed by atoms with Crippen molar-refractivity contribution in [1.82, 2.24) is 9.88 Å². The van der Waals surface area contributed by atoms with Gasteiger partial charge in [0.25, 0.3) is 0 Å². The number of nitrogens with zero attached hydrogens (tertiary/aromatic N) is 3.